The van der Waals surface area contributed by atoms with Crippen LogP contribution in [0.25, 0.3) is 16.6 Å². The van der Waals surface area contributed by atoms with E-state index in [1.54, 1.807) is 30.5 Å². The fourth-order valence-electron chi connectivity index (χ4n) is 2.48. The molecule has 0 unspecified atom stereocenters. The Hall–Kier alpha value is -3.25. The van der Waals surface area contributed by atoms with Crippen molar-refractivity contribution in [3.63, 3.8) is 0 Å². The molecule has 0 saturated heterocycles. The van der Waals surface area contributed by atoms with Gasteiger partial charge in [-0.1, -0.05) is 17.7 Å². The summed E-state index contributed by atoms with van der Waals surface area (Å²) in [6, 6.07) is 16.4. The molecule has 0 fully saturated rings. The molecular formula is C18H12ClN5O. The Bertz CT molecular complexity index is 1050. The van der Waals surface area contributed by atoms with Gasteiger partial charge in [0.15, 0.2) is 0 Å². The standard InChI is InChI=1S/C18H12ClN5O/c19-12-6-8-13(9-7-12)24-11-21-17(23-24)18(25)22-16-5-1-4-15-14(16)3-2-10-20-15/h1-11H,(H,22,25). The Morgan fingerprint density at radius 2 is 1.84 bits per heavy atom. The van der Waals surface area contributed by atoms with Crippen LogP contribution in [0.2, 0.25) is 5.02 Å². The minimum Gasteiger partial charge on any atom is -0.319 e. The number of nitrogens with one attached hydrogen (secondary N) is 1. The molecule has 1 amide bonds. The first-order valence-corrected chi connectivity index (χ1v) is 7.91. The average Bonchev–Trinajstić information content (AvgIpc) is 3.13. The molecule has 0 aliphatic heterocycles. The molecule has 0 bridgehead atoms. The number of amides is 1. The van der Waals surface area contributed by atoms with Crippen LogP contribution in [-0.4, -0.2) is 25.7 Å². The van der Waals surface area contributed by atoms with Crippen molar-refractivity contribution in [2.75, 3.05) is 5.32 Å². The van der Waals surface area contributed by atoms with Crippen molar-refractivity contribution >= 4 is 34.1 Å². The van der Waals surface area contributed by atoms with Crippen LogP contribution in [-0.2, 0) is 0 Å². The lowest BCUT2D eigenvalue weighted by molar-refractivity contribution is 0.101. The van der Waals surface area contributed by atoms with Crippen LogP contribution in [0.5, 0.6) is 0 Å². The molecule has 0 aliphatic carbocycles. The fourth-order valence-corrected chi connectivity index (χ4v) is 2.60. The molecule has 1 N–H and O–H groups in total. The summed E-state index contributed by atoms with van der Waals surface area (Å²) in [4.78, 5) is 20.8. The van der Waals surface area contributed by atoms with E-state index >= 15 is 0 Å². The van der Waals surface area contributed by atoms with Crippen LogP contribution in [0.3, 0.4) is 0 Å². The van der Waals surface area contributed by atoms with E-state index < -0.39 is 0 Å². The van der Waals surface area contributed by atoms with Crippen molar-refractivity contribution in [3.05, 3.63) is 78.0 Å². The summed E-state index contributed by atoms with van der Waals surface area (Å²) in [5, 5.41) is 8.55. The molecule has 0 saturated carbocycles. The van der Waals surface area contributed by atoms with Gasteiger partial charge in [0.25, 0.3) is 5.91 Å². The zero-order valence-corrected chi connectivity index (χ0v) is 13.7. The zero-order valence-electron chi connectivity index (χ0n) is 12.9. The number of hydrogen-bond donors (Lipinski definition) is 1. The Balaban J connectivity index is 1.60. The zero-order chi connectivity index (χ0) is 17.2. The summed E-state index contributed by atoms with van der Waals surface area (Å²) in [6.45, 7) is 0. The van der Waals surface area contributed by atoms with Gasteiger partial charge in [0.05, 0.1) is 16.9 Å². The topological polar surface area (TPSA) is 72.7 Å². The average molecular weight is 350 g/mol. The Kier molecular flexibility index (Phi) is 3.87. The maximum absolute atomic E-state index is 12.5. The maximum Gasteiger partial charge on any atom is 0.295 e. The highest BCUT2D eigenvalue weighted by Crippen LogP contribution is 2.21. The van der Waals surface area contributed by atoms with Crippen molar-refractivity contribution < 1.29 is 4.79 Å². The van der Waals surface area contributed by atoms with E-state index in [1.807, 2.05) is 30.3 Å². The summed E-state index contributed by atoms with van der Waals surface area (Å²) < 4.78 is 1.52. The molecular weight excluding hydrogens is 338 g/mol. The normalized spacial score (nSPS) is 10.8. The number of carbonyl (C=O) groups excluding carboxylic acids is 1. The predicted molar refractivity (Wildman–Crippen MR) is 96.1 cm³/mol. The van der Waals surface area contributed by atoms with Gasteiger partial charge in [0.1, 0.15) is 6.33 Å². The predicted octanol–water partition coefficient (Wildman–Crippen LogP) is 3.72. The number of pyridine rings is 1. The summed E-state index contributed by atoms with van der Waals surface area (Å²) in [7, 11) is 0. The highest BCUT2D eigenvalue weighted by Gasteiger charge is 2.14. The van der Waals surface area contributed by atoms with Gasteiger partial charge < -0.3 is 5.32 Å². The van der Waals surface area contributed by atoms with Crippen molar-refractivity contribution in [2.24, 2.45) is 0 Å². The van der Waals surface area contributed by atoms with E-state index in [0.29, 0.717) is 10.7 Å². The maximum atomic E-state index is 12.5. The monoisotopic (exact) mass is 349 g/mol. The molecule has 4 rings (SSSR count). The first-order chi connectivity index (χ1) is 12.2. The first-order valence-electron chi connectivity index (χ1n) is 7.53. The smallest absolute Gasteiger partial charge is 0.295 e. The minimum absolute atomic E-state index is 0.0795. The lowest BCUT2D eigenvalue weighted by Crippen LogP contribution is -2.14. The van der Waals surface area contributed by atoms with E-state index in [9.17, 15) is 4.79 Å². The quantitative estimate of drug-likeness (QED) is 0.611. The van der Waals surface area contributed by atoms with E-state index in [1.165, 1.54) is 11.0 Å². The van der Waals surface area contributed by atoms with Crippen molar-refractivity contribution in [3.8, 4) is 5.69 Å². The van der Waals surface area contributed by atoms with Crippen LogP contribution >= 0.6 is 11.6 Å². The SMILES string of the molecule is O=C(Nc1cccc2ncccc12)c1ncn(-c2ccc(Cl)cc2)n1. The summed E-state index contributed by atoms with van der Waals surface area (Å²) in [6.07, 6.45) is 3.20. The molecule has 0 atom stereocenters. The first kappa shape index (κ1) is 15.3. The van der Waals surface area contributed by atoms with E-state index in [-0.39, 0.29) is 11.7 Å². The Morgan fingerprint density at radius 3 is 2.68 bits per heavy atom. The largest absolute Gasteiger partial charge is 0.319 e. The molecule has 25 heavy (non-hydrogen) atoms. The van der Waals surface area contributed by atoms with Crippen molar-refractivity contribution in [1.29, 1.82) is 0 Å². The second-order valence-electron chi connectivity index (χ2n) is 5.32. The molecule has 2 aromatic heterocycles. The number of rotatable bonds is 3. The molecule has 7 heteroatoms. The summed E-state index contributed by atoms with van der Waals surface area (Å²) in [5.74, 6) is -0.306. The molecule has 122 valence electrons. The van der Waals surface area contributed by atoms with Crippen LogP contribution in [0.4, 0.5) is 5.69 Å². The van der Waals surface area contributed by atoms with Gasteiger partial charge in [-0.3, -0.25) is 9.78 Å². The van der Waals surface area contributed by atoms with Crippen LogP contribution in [0.1, 0.15) is 10.6 Å². The number of aromatic nitrogens is 4. The minimum atomic E-state index is -0.385. The molecule has 0 radical (unpaired) electrons. The molecule has 2 aromatic carbocycles. The number of benzene rings is 2. The van der Waals surface area contributed by atoms with Gasteiger partial charge in [-0.15, -0.1) is 5.10 Å². The lowest BCUT2D eigenvalue weighted by atomic mass is 10.2. The number of nitrogens with zero attached hydrogens (tertiary/aromatic N) is 4. The van der Waals surface area contributed by atoms with Gasteiger partial charge in [-0.05, 0) is 48.5 Å². The number of anilines is 1. The molecule has 0 aliphatic rings. The summed E-state index contributed by atoms with van der Waals surface area (Å²) in [5.41, 5.74) is 2.24. The highest BCUT2D eigenvalue weighted by molar-refractivity contribution is 6.30. The van der Waals surface area contributed by atoms with E-state index in [4.69, 9.17) is 11.6 Å². The number of hydrogen-bond acceptors (Lipinski definition) is 4. The molecule has 6 nitrogen and oxygen atoms in total. The highest BCUT2D eigenvalue weighted by atomic mass is 35.5. The molecule has 0 spiro atoms. The van der Waals surface area contributed by atoms with Gasteiger partial charge in [-0.25, -0.2) is 9.67 Å². The third kappa shape index (κ3) is 3.07. The van der Waals surface area contributed by atoms with Gasteiger partial charge >= 0.3 is 0 Å². The van der Waals surface area contributed by atoms with E-state index in [0.717, 1.165) is 16.6 Å². The van der Waals surface area contributed by atoms with Gasteiger partial charge in [-0.2, -0.15) is 0 Å². The molecule has 4 aromatic rings. The second-order valence-corrected chi connectivity index (χ2v) is 5.76. The van der Waals surface area contributed by atoms with Crippen LogP contribution < -0.4 is 5.32 Å². The van der Waals surface area contributed by atoms with Crippen molar-refractivity contribution in [1.82, 2.24) is 19.7 Å². The van der Waals surface area contributed by atoms with Gasteiger partial charge in [0.2, 0.25) is 5.82 Å². The fraction of sp³-hybridized carbons (Fsp3) is 0. The Morgan fingerprint density at radius 1 is 1.00 bits per heavy atom. The van der Waals surface area contributed by atoms with E-state index in [2.05, 4.69) is 20.4 Å². The van der Waals surface area contributed by atoms with Crippen LogP contribution in [0.15, 0.2) is 67.1 Å². The summed E-state index contributed by atoms with van der Waals surface area (Å²) >= 11 is 5.88. The van der Waals surface area contributed by atoms with Crippen molar-refractivity contribution in [2.45, 2.75) is 0 Å². The molecule has 2 heterocycles. The lowest BCUT2D eigenvalue weighted by Gasteiger charge is -2.06. The number of fused-ring (bicyclic) bond motifs is 1. The van der Waals surface area contributed by atoms with Crippen LogP contribution in [0, 0.1) is 0 Å². The van der Waals surface area contributed by atoms with Gasteiger partial charge in [0, 0.05) is 16.6 Å². The number of halogens is 1. The second kappa shape index (κ2) is 6.33. The Labute approximate surface area is 148 Å². The third-order valence-corrected chi connectivity index (χ3v) is 3.93. The third-order valence-electron chi connectivity index (χ3n) is 3.68. The number of carbonyl (C=O) groups is 1.